The zero-order valence-electron chi connectivity index (χ0n) is 26.8. The van der Waals surface area contributed by atoms with Crippen molar-refractivity contribution in [2.45, 2.75) is 0 Å². The van der Waals surface area contributed by atoms with Gasteiger partial charge in [-0.3, -0.25) is 0 Å². The minimum Gasteiger partial charge on any atom is -0.456 e. The molecule has 0 aliphatic rings. The quantitative estimate of drug-likeness (QED) is 0.189. The summed E-state index contributed by atoms with van der Waals surface area (Å²) in [6.07, 6.45) is 0. The average molecular weight is 658 g/mol. The van der Waals surface area contributed by atoms with E-state index in [1.54, 1.807) is 0 Å². The molecule has 3 aromatic heterocycles. The first-order chi connectivity index (χ1) is 24.8. The molecule has 0 aliphatic carbocycles. The third-order valence-corrected chi connectivity index (χ3v) is 11.3. The van der Waals surface area contributed by atoms with Gasteiger partial charge in [-0.2, -0.15) is 0 Å². The highest BCUT2D eigenvalue weighted by Gasteiger charge is 2.24. The summed E-state index contributed by atoms with van der Waals surface area (Å²) in [6, 6.07) is 58.2. The monoisotopic (exact) mass is 657 g/mol. The second-order valence-electron chi connectivity index (χ2n) is 12.9. The first-order valence-electron chi connectivity index (χ1n) is 16.8. The Bertz CT molecular complexity index is 3100. The predicted octanol–water partition coefficient (Wildman–Crippen LogP) is 14.1. The minimum atomic E-state index is 0.851. The standard InChI is InChI=1S/C46H27NO2S/c1-2-12-32-28(10-1)11-9-16-33(32)29-20-22-30(23-21-29)47(31-24-25-35-34-13-3-6-17-40(34)48-42(35)26-31)39-27-38-36-14-5-8-19-43(36)50-46(38)44-37-15-4-7-18-41(37)49-45(39)44/h1-27H. The van der Waals surface area contributed by atoms with Crippen LogP contribution in [0.2, 0.25) is 0 Å². The fourth-order valence-electron chi connectivity index (χ4n) is 7.76. The molecule has 0 bridgehead atoms. The van der Waals surface area contributed by atoms with Crippen LogP contribution in [-0.2, 0) is 0 Å². The van der Waals surface area contributed by atoms with E-state index in [-0.39, 0.29) is 0 Å². The maximum atomic E-state index is 6.83. The lowest BCUT2D eigenvalue weighted by Crippen LogP contribution is -2.10. The van der Waals surface area contributed by atoms with E-state index >= 15 is 0 Å². The van der Waals surface area contributed by atoms with E-state index in [4.69, 9.17) is 8.83 Å². The molecular formula is C46H27NO2S. The summed E-state index contributed by atoms with van der Waals surface area (Å²) in [5.74, 6) is 0. The van der Waals surface area contributed by atoms with E-state index in [0.29, 0.717) is 0 Å². The van der Waals surface area contributed by atoms with Gasteiger partial charge in [-0.15, -0.1) is 11.3 Å². The van der Waals surface area contributed by atoms with Gasteiger partial charge in [-0.1, -0.05) is 109 Å². The van der Waals surface area contributed by atoms with Crippen molar-refractivity contribution in [1.82, 2.24) is 0 Å². The Morgan fingerprint density at radius 1 is 0.440 bits per heavy atom. The van der Waals surface area contributed by atoms with Crippen LogP contribution in [-0.4, -0.2) is 0 Å². The molecule has 0 saturated heterocycles. The highest BCUT2D eigenvalue weighted by molar-refractivity contribution is 7.26. The van der Waals surface area contributed by atoms with Gasteiger partial charge >= 0.3 is 0 Å². The Morgan fingerprint density at radius 3 is 1.96 bits per heavy atom. The van der Waals surface area contributed by atoms with Crippen molar-refractivity contribution >= 4 is 103 Å². The lowest BCUT2D eigenvalue weighted by molar-refractivity contribution is 0.667. The molecule has 0 amide bonds. The Morgan fingerprint density at radius 2 is 1.10 bits per heavy atom. The molecule has 0 aliphatic heterocycles. The van der Waals surface area contributed by atoms with Crippen LogP contribution >= 0.6 is 11.3 Å². The van der Waals surface area contributed by atoms with Gasteiger partial charge in [0.15, 0.2) is 5.58 Å². The molecule has 11 aromatic rings. The highest BCUT2D eigenvalue weighted by atomic mass is 32.1. The molecule has 50 heavy (non-hydrogen) atoms. The molecule has 3 nitrogen and oxygen atoms in total. The molecule has 0 radical (unpaired) electrons. The number of fused-ring (bicyclic) bond motifs is 11. The minimum absolute atomic E-state index is 0.851. The van der Waals surface area contributed by atoms with Crippen molar-refractivity contribution in [3.05, 3.63) is 164 Å². The number of hydrogen-bond donors (Lipinski definition) is 0. The Labute approximate surface area is 290 Å². The second kappa shape index (κ2) is 10.6. The van der Waals surface area contributed by atoms with E-state index < -0.39 is 0 Å². The van der Waals surface area contributed by atoms with Gasteiger partial charge in [-0.05, 0) is 70.4 Å². The van der Waals surface area contributed by atoms with Crippen LogP contribution in [0, 0.1) is 0 Å². The average Bonchev–Trinajstić information content (AvgIpc) is 3.86. The first-order valence-corrected chi connectivity index (χ1v) is 17.7. The van der Waals surface area contributed by atoms with Crippen LogP contribution in [0.5, 0.6) is 0 Å². The molecule has 4 heteroatoms. The smallest absolute Gasteiger partial charge is 0.160 e. The molecular weight excluding hydrogens is 631 g/mol. The Kier molecular flexibility index (Phi) is 5.83. The van der Waals surface area contributed by atoms with Crippen molar-refractivity contribution in [2.75, 3.05) is 4.90 Å². The number of anilines is 3. The molecule has 3 heterocycles. The van der Waals surface area contributed by atoms with Gasteiger partial charge in [0.05, 0.1) is 11.4 Å². The predicted molar refractivity (Wildman–Crippen MR) is 212 cm³/mol. The molecule has 234 valence electrons. The normalized spacial score (nSPS) is 12.0. The molecule has 0 fully saturated rings. The van der Waals surface area contributed by atoms with Gasteiger partial charge in [0.2, 0.25) is 0 Å². The van der Waals surface area contributed by atoms with Crippen LogP contribution < -0.4 is 4.90 Å². The first kappa shape index (κ1) is 27.6. The number of furan rings is 2. The van der Waals surface area contributed by atoms with E-state index in [1.165, 1.54) is 42.1 Å². The Balaban J connectivity index is 1.20. The lowest BCUT2D eigenvalue weighted by Gasteiger charge is -2.26. The van der Waals surface area contributed by atoms with Crippen LogP contribution in [0.4, 0.5) is 17.1 Å². The van der Waals surface area contributed by atoms with Crippen molar-refractivity contribution in [2.24, 2.45) is 0 Å². The van der Waals surface area contributed by atoms with Crippen molar-refractivity contribution in [3.63, 3.8) is 0 Å². The van der Waals surface area contributed by atoms with E-state index in [2.05, 4.69) is 150 Å². The van der Waals surface area contributed by atoms with E-state index in [9.17, 15) is 0 Å². The number of nitrogens with zero attached hydrogens (tertiary/aromatic N) is 1. The third kappa shape index (κ3) is 4.03. The summed E-state index contributed by atoms with van der Waals surface area (Å²) in [5.41, 5.74) is 8.89. The summed E-state index contributed by atoms with van der Waals surface area (Å²) < 4.78 is 15.8. The van der Waals surface area contributed by atoms with Crippen molar-refractivity contribution in [1.29, 1.82) is 0 Å². The van der Waals surface area contributed by atoms with Crippen LogP contribution in [0.15, 0.2) is 173 Å². The number of benzene rings is 8. The molecule has 11 rings (SSSR count). The third-order valence-electron chi connectivity index (χ3n) is 10.1. The summed E-state index contributed by atoms with van der Waals surface area (Å²) in [5, 5.41) is 9.44. The summed E-state index contributed by atoms with van der Waals surface area (Å²) in [6.45, 7) is 0. The maximum Gasteiger partial charge on any atom is 0.160 e. The summed E-state index contributed by atoms with van der Waals surface area (Å²) in [4.78, 5) is 2.33. The maximum absolute atomic E-state index is 6.83. The van der Waals surface area contributed by atoms with Crippen LogP contribution in [0.25, 0.3) is 85.9 Å². The zero-order valence-corrected chi connectivity index (χ0v) is 27.6. The fourth-order valence-corrected chi connectivity index (χ4v) is 9.00. The number of hydrogen-bond acceptors (Lipinski definition) is 4. The lowest BCUT2D eigenvalue weighted by atomic mass is 9.98. The zero-order chi connectivity index (χ0) is 32.8. The van der Waals surface area contributed by atoms with E-state index in [0.717, 1.165) is 60.9 Å². The highest BCUT2D eigenvalue weighted by Crippen LogP contribution is 2.50. The molecule has 0 saturated carbocycles. The molecule has 0 spiro atoms. The molecule has 0 unspecified atom stereocenters. The number of thiophene rings is 1. The number of para-hydroxylation sites is 2. The molecule has 8 aromatic carbocycles. The fraction of sp³-hybridized carbons (Fsp3) is 0. The van der Waals surface area contributed by atoms with Gasteiger partial charge in [0, 0.05) is 53.5 Å². The van der Waals surface area contributed by atoms with Crippen molar-refractivity contribution in [3.8, 4) is 11.1 Å². The summed E-state index contributed by atoms with van der Waals surface area (Å²) >= 11 is 1.83. The molecule has 0 atom stereocenters. The second-order valence-corrected chi connectivity index (χ2v) is 13.9. The van der Waals surface area contributed by atoms with Gasteiger partial charge in [0.25, 0.3) is 0 Å². The van der Waals surface area contributed by atoms with Crippen LogP contribution in [0.3, 0.4) is 0 Å². The van der Waals surface area contributed by atoms with Crippen molar-refractivity contribution < 1.29 is 8.83 Å². The molecule has 0 N–H and O–H groups in total. The van der Waals surface area contributed by atoms with Crippen LogP contribution in [0.1, 0.15) is 0 Å². The SMILES string of the molecule is c1ccc2c(-c3ccc(N(c4ccc5c(c4)oc4ccccc45)c4cc5c6ccccc6sc5c5c4oc4ccccc45)cc3)cccc2c1. The van der Waals surface area contributed by atoms with E-state index in [1.807, 2.05) is 29.5 Å². The number of rotatable bonds is 4. The largest absolute Gasteiger partial charge is 0.456 e. The van der Waals surface area contributed by atoms with Gasteiger partial charge in [0.1, 0.15) is 16.7 Å². The Hall–Kier alpha value is -6.36. The van der Waals surface area contributed by atoms with Gasteiger partial charge < -0.3 is 13.7 Å². The van der Waals surface area contributed by atoms with Gasteiger partial charge in [-0.25, -0.2) is 0 Å². The topological polar surface area (TPSA) is 29.5 Å². The summed E-state index contributed by atoms with van der Waals surface area (Å²) in [7, 11) is 0.